The second-order valence-corrected chi connectivity index (χ2v) is 5.62. The first-order chi connectivity index (χ1) is 9.29. The zero-order chi connectivity index (χ0) is 14.9. The van der Waals surface area contributed by atoms with Gasteiger partial charge in [-0.1, -0.05) is 12.8 Å². The predicted molar refractivity (Wildman–Crippen MR) is 63.9 cm³/mol. The fraction of sp³-hybridized carbons (Fsp3) is 0.846. The minimum atomic E-state index is -4.39. The standard InChI is InChI=1S/C13H18F3NO3/c14-13(15,16)6-5-11(18)17-9-4-2-1-3-8(9)7-10(17)12(19)20/h8-10H,1-7H2,(H,19,20)/t8-,9-,10+/m1/s1. The Bertz CT molecular complexity index is 397. The lowest BCUT2D eigenvalue weighted by Crippen LogP contribution is -2.46. The molecule has 1 amide bonds. The van der Waals surface area contributed by atoms with Crippen LogP contribution < -0.4 is 0 Å². The molecule has 1 heterocycles. The fourth-order valence-electron chi connectivity index (χ4n) is 3.42. The molecule has 0 bridgehead atoms. The van der Waals surface area contributed by atoms with Crippen LogP contribution in [-0.4, -0.2) is 40.1 Å². The number of likely N-dealkylation sites (tertiary alicyclic amines) is 1. The molecule has 2 fully saturated rings. The summed E-state index contributed by atoms with van der Waals surface area (Å²) >= 11 is 0. The molecule has 3 atom stereocenters. The summed E-state index contributed by atoms with van der Waals surface area (Å²) in [5.41, 5.74) is 0. The molecule has 2 rings (SSSR count). The number of alkyl halides is 3. The van der Waals surface area contributed by atoms with Crippen LogP contribution >= 0.6 is 0 Å². The number of carbonyl (C=O) groups excluding carboxylic acids is 1. The van der Waals surface area contributed by atoms with Crippen LogP contribution in [0.1, 0.15) is 44.9 Å². The summed E-state index contributed by atoms with van der Waals surface area (Å²) in [6.07, 6.45) is -2.40. The lowest BCUT2D eigenvalue weighted by Gasteiger charge is -2.33. The number of halogens is 3. The molecule has 1 aliphatic heterocycles. The summed E-state index contributed by atoms with van der Waals surface area (Å²) in [6.45, 7) is 0. The third-order valence-electron chi connectivity index (χ3n) is 4.28. The van der Waals surface area contributed by atoms with Gasteiger partial charge in [0.2, 0.25) is 5.91 Å². The van der Waals surface area contributed by atoms with Gasteiger partial charge >= 0.3 is 12.1 Å². The maximum atomic E-state index is 12.2. The number of fused-ring (bicyclic) bond motifs is 1. The van der Waals surface area contributed by atoms with Crippen LogP contribution in [-0.2, 0) is 9.59 Å². The van der Waals surface area contributed by atoms with E-state index in [0.29, 0.717) is 12.8 Å². The van der Waals surface area contributed by atoms with Crippen molar-refractivity contribution in [3.05, 3.63) is 0 Å². The smallest absolute Gasteiger partial charge is 0.389 e. The molecule has 114 valence electrons. The number of hydrogen-bond donors (Lipinski definition) is 1. The zero-order valence-electron chi connectivity index (χ0n) is 11.0. The molecule has 0 unspecified atom stereocenters. The number of amides is 1. The lowest BCUT2D eigenvalue weighted by molar-refractivity contribution is -0.156. The van der Waals surface area contributed by atoms with Gasteiger partial charge in [-0.05, 0) is 25.2 Å². The average Bonchev–Trinajstić information content (AvgIpc) is 2.74. The highest BCUT2D eigenvalue weighted by molar-refractivity contribution is 5.84. The van der Waals surface area contributed by atoms with Crippen LogP contribution in [0.5, 0.6) is 0 Å². The Hall–Kier alpha value is -1.27. The van der Waals surface area contributed by atoms with Gasteiger partial charge in [0.25, 0.3) is 0 Å². The van der Waals surface area contributed by atoms with Gasteiger partial charge in [-0.3, -0.25) is 4.79 Å². The van der Waals surface area contributed by atoms with Gasteiger partial charge in [0.05, 0.1) is 6.42 Å². The van der Waals surface area contributed by atoms with Crippen LogP contribution in [0.25, 0.3) is 0 Å². The SMILES string of the molecule is O=C(O)[C@@H]1C[C@H]2CCCC[C@H]2N1C(=O)CCC(F)(F)F. The van der Waals surface area contributed by atoms with Crippen LogP contribution in [0.15, 0.2) is 0 Å². The third kappa shape index (κ3) is 3.24. The van der Waals surface area contributed by atoms with Crippen molar-refractivity contribution in [1.82, 2.24) is 4.90 Å². The number of carboxylic acids is 1. The number of rotatable bonds is 3. The Labute approximate surface area is 114 Å². The highest BCUT2D eigenvalue weighted by Crippen LogP contribution is 2.40. The topological polar surface area (TPSA) is 57.6 Å². The van der Waals surface area contributed by atoms with Crippen molar-refractivity contribution in [2.75, 3.05) is 0 Å². The van der Waals surface area contributed by atoms with E-state index in [0.717, 1.165) is 19.3 Å². The fourth-order valence-corrected chi connectivity index (χ4v) is 3.42. The first kappa shape index (κ1) is 15.1. The largest absolute Gasteiger partial charge is 0.480 e. The van der Waals surface area contributed by atoms with Crippen LogP contribution in [0.3, 0.4) is 0 Å². The molecule has 0 aromatic heterocycles. The van der Waals surface area contributed by atoms with Crippen molar-refractivity contribution in [1.29, 1.82) is 0 Å². The van der Waals surface area contributed by atoms with E-state index in [2.05, 4.69) is 0 Å². The monoisotopic (exact) mass is 293 g/mol. The molecular weight excluding hydrogens is 275 g/mol. The van der Waals surface area contributed by atoms with Crippen molar-refractivity contribution in [2.45, 2.75) is 63.2 Å². The molecule has 0 aromatic carbocycles. The summed E-state index contributed by atoms with van der Waals surface area (Å²) in [5, 5.41) is 9.19. The Kier molecular flexibility index (Phi) is 4.25. The van der Waals surface area contributed by atoms with Crippen molar-refractivity contribution in [3.63, 3.8) is 0 Å². The van der Waals surface area contributed by atoms with Gasteiger partial charge in [0.15, 0.2) is 0 Å². The van der Waals surface area contributed by atoms with E-state index < -0.39 is 36.9 Å². The van der Waals surface area contributed by atoms with Gasteiger partial charge in [-0.25, -0.2) is 4.79 Å². The molecule has 20 heavy (non-hydrogen) atoms. The maximum absolute atomic E-state index is 12.2. The maximum Gasteiger partial charge on any atom is 0.389 e. The number of aliphatic carboxylic acids is 1. The van der Waals surface area contributed by atoms with Crippen molar-refractivity contribution in [2.24, 2.45) is 5.92 Å². The number of carbonyl (C=O) groups is 2. The summed E-state index contributed by atoms with van der Waals surface area (Å²) in [6, 6.07) is -1.14. The van der Waals surface area contributed by atoms with Crippen molar-refractivity contribution in [3.8, 4) is 0 Å². The Morgan fingerprint density at radius 2 is 1.85 bits per heavy atom. The second kappa shape index (κ2) is 5.61. The number of nitrogens with zero attached hydrogens (tertiary/aromatic N) is 1. The van der Waals surface area contributed by atoms with E-state index in [1.54, 1.807) is 0 Å². The van der Waals surface area contributed by atoms with Gasteiger partial charge < -0.3 is 10.0 Å². The van der Waals surface area contributed by atoms with Crippen LogP contribution in [0.2, 0.25) is 0 Å². The summed E-state index contributed by atoms with van der Waals surface area (Å²) in [7, 11) is 0. The molecule has 1 aliphatic carbocycles. The molecule has 0 aromatic rings. The first-order valence-electron chi connectivity index (χ1n) is 6.90. The molecule has 1 N–H and O–H groups in total. The Morgan fingerprint density at radius 1 is 1.20 bits per heavy atom. The zero-order valence-corrected chi connectivity index (χ0v) is 11.0. The normalized spacial score (nSPS) is 30.1. The Balaban J connectivity index is 2.08. The molecule has 2 aliphatic rings. The van der Waals surface area contributed by atoms with E-state index >= 15 is 0 Å². The number of hydrogen-bond acceptors (Lipinski definition) is 2. The second-order valence-electron chi connectivity index (χ2n) is 5.62. The molecule has 1 saturated carbocycles. The summed E-state index contributed by atoms with van der Waals surface area (Å²) < 4.78 is 36.6. The van der Waals surface area contributed by atoms with Gasteiger partial charge in [0.1, 0.15) is 6.04 Å². The Morgan fingerprint density at radius 3 is 2.45 bits per heavy atom. The minimum absolute atomic E-state index is 0.125. The molecule has 0 spiro atoms. The number of carboxylic acid groups (broad SMARTS) is 1. The van der Waals surface area contributed by atoms with Crippen LogP contribution in [0.4, 0.5) is 13.2 Å². The molecule has 0 radical (unpaired) electrons. The van der Waals surface area contributed by atoms with E-state index in [-0.39, 0.29) is 12.0 Å². The van der Waals surface area contributed by atoms with E-state index in [9.17, 15) is 27.9 Å². The van der Waals surface area contributed by atoms with Gasteiger partial charge in [-0.15, -0.1) is 0 Å². The third-order valence-corrected chi connectivity index (χ3v) is 4.28. The van der Waals surface area contributed by atoms with Gasteiger partial charge in [0, 0.05) is 12.5 Å². The quantitative estimate of drug-likeness (QED) is 0.870. The predicted octanol–water partition coefficient (Wildman–Crippen LogP) is 2.57. The lowest BCUT2D eigenvalue weighted by atomic mass is 9.84. The van der Waals surface area contributed by atoms with E-state index in [1.807, 2.05) is 0 Å². The molecule has 7 heteroatoms. The summed E-state index contributed by atoms with van der Waals surface area (Å²) in [5.74, 6) is -1.66. The molecule has 4 nitrogen and oxygen atoms in total. The van der Waals surface area contributed by atoms with Crippen molar-refractivity contribution >= 4 is 11.9 Å². The highest BCUT2D eigenvalue weighted by atomic mass is 19.4. The van der Waals surface area contributed by atoms with Crippen molar-refractivity contribution < 1.29 is 27.9 Å². The van der Waals surface area contributed by atoms with E-state index in [4.69, 9.17) is 0 Å². The molecule has 1 saturated heterocycles. The molecular formula is C13H18F3NO3. The van der Waals surface area contributed by atoms with E-state index in [1.165, 1.54) is 4.90 Å². The average molecular weight is 293 g/mol. The summed E-state index contributed by atoms with van der Waals surface area (Å²) in [4.78, 5) is 24.5. The minimum Gasteiger partial charge on any atom is -0.480 e. The van der Waals surface area contributed by atoms with Gasteiger partial charge in [-0.2, -0.15) is 13.2 Å². The highest BCUT2D eigenvalue weighted by Gasteiger charge is 2.47. The van der Waals surface area contributed by atoms with Crippen LogP contribution in [0, 0.1) is 5.92 Å². The first-order valence-corrected chi connectivity index (χ1v) is 6.90.